The molecule has 0 radical (unpaired) electrons. The molecule has 5 heteroatoms. The Kier molecular flexibility index (Phi) is 5.74. The van der Waals surface area contributed by atoms with Crippen molar-refractivity contribution in [3.8, 4) is 5.75 Å². The smallest absolute Gasteiger partial charge is 0.223 e. The number of hydrogen-bond donors (Lipinski definition) is 2. The van der Waals surface area contributed by atoms with Crippen molar-refractivity contribution in [1.29, 1.82) is 0 Å². The molecule has 0 aromatic heterocycles. The average molecular weight is 332 g/mol. The van der Waals surface area contributed by atoms with Crippen LogP contribution in [0.4, 0.5) is 0 Å². The molecule has 1 aromatic carbocycles. The van der Waals surface area contributed by atoms with Crippen LogP contribution in [0.2, 0.25) is 0 Å². The van der Waals surface area contributed by atoms with E-state index in [2.05, 4.69) is 10.6 Å². The molecule has 24 heavy (non-hydrogen) atoms. The molecular formula is C19H28N2O3. The first-order valence-electron chi connectivity index (χ1n) is 8.93. The van der Waals surface area contributed by atoms with E-state index in [0.29, 0.717) is 25.2 Å². The first kappa shape index (κ1) is 17.2. The van der Waals surface area contributed by atoms with Crippen LogP contribution in [0.3, 0.4) is 0 Å². The Labute approximate surface area is 144 Å². The fourth-order valence-electron chi connectivity index (χ4n) is 3.62. The second-order valence-corrected chi connectivity index (χ2v) is 6.91. The van der Waals surface area contributed by atoms with Crippen LogP contribution in [0.5, 0.6) is 5.75 Å². The summed E-state index contributed by atoms with van der Waals surface area (Å²) in [5.74, 6) is 1.35. The van der Waals surface area contributed by atoms with Crippen molar-refractivity contribution in [3.05, 3.63) is 29.8 Å². The number of ether oxygens (including phenoxy) is 2. The Balaban J connectivity index is 1.25. The maximum absolute atomic E-state index is 12.2. The molecule has 2 fully saturated rings. The number of hydrogen-bond acceptors (Lipinski definition) is 4. The van der Waals surface area contributed by atoms with Gasteiger partial charge < -0.3 is 20.1 Å². The van der Waals surface area contributed by atoms with Crippen molar-refractivity contribution in [3.63, 3.8) is 0 Å². The SMILES string of the molecule is COc1ccc(COCCCNC(=O)C2CC23CCNCC3)cc1. The lowest BCUT2D eigenvalue weighted by atomic mass is 9.92. The van der Waals surface area contributed by atoms with Crippen molar-refractivity contribution < 1.29 is 14.3 Å². The number of carbonyl (C=O) groups is 1. The minimum atomic E-state index is 0.243. The van der Waals surface area contributed by atoms with Crippen molar-refractivity contribution >= 4 is 5.91 Å². The lowest BCUT2D eigenvalue weighted by molar-refractivity contribution is -0.123. The number of benzene rings is 1. The second kappa shape index (κ2) is 7.99. The third kappa shape index (κ3) is 4.28. The van der Waals surface area contributed by atoms with Gasteiger partial charge in [0.1, 0.15) is 5.75 Å². The molecule has 1 saturated heterocycles. The average Bonchev–Trinajstić information content (AvgIpc) is 3.32. The van der Waals surface area contributed by atoms with E-state index in [4.69, 9.17) is 9.47 Å². The lowest BCUT2D eigenvalue weighted by Crippen LogP contribution is -2.34. The molecule has 0 bridgehead atoms. The number of methoxy groups -OCH3 is 1. The highest BCUT2D eigenvalue weighted by Gasteiger charge is 2.57. The van der Waals surface area contributed by atoms with Crippen LogP contribution in [0, 0.1) is 11.3 Å². The summed E-state index contributed by atoms with van der Waals surface area (Å²) in [7, 11) is 1.66. The highest BCUT2D eigenvalue weighted by Crippen LogP contribution is 2.58. The molecule has 132 valence electrons. The van der Waals surface area contributed by atoms with Gasteiger partial charge in [0, 0.05) is 19.1 Å². The molecule has 1 aliphatic heterocycles. The summed E-state index contributed by atoms with van der Waals surface area (Å²) < 4.78 is 10.8. The summed E-state index contributed by atoms with van der Waals surface area (Å²) in [4.78, 5) is 12.2. The number of nitrogens with one attached hydrogen (secondary N) is 2. The monoisotopic (exact) mass is 332 g/mol. The van der Waals surface area contributed by atoms with Crippen molar-refractivity contribution in [2.75, 3.05) is 33.4 Å². The van der Waals surface area contributed by atoms with Gasteiger partial charge in [0.15, 0.2) is 0 Å². The first-order valence-corrected chi connectivity index (χ1v) is 8.93. The van der Waals surface area contributed by atoms with Crippen molar-refractivity contribution in [2.24, 2.45) is 11.3 Å². The largest absolute Gasteiger partial charge is 0.497 e. The number of piperidine rings is 1. The lowest BCUT2D eigenvalue weighted by Gasteiger charge is -2.23. The van der Waals surface area contributed by atoms with Gasteiger partial charge in [-0.25, -0.2) is 0 Å². The summed E-state index contributed by atoms with van der Waals surface area (Å²) in [5.41, 5.74) is 1.45. The maximum Gasteiger partial charge on any atom is 0.223 e. The number of rotatable bonds is 8. The summed E-state index contributed by atoms with van der Waals surface area (Å²) in [6, 6.07) is 7.88. The van der Waals surface area contributed by atoms with E-state index in [-0.39, 0.29) is 11.8 Å². The molecule has 1 unspecified atom stereocenters. The van der Waals surface area contributed by atoms with Gasteiger partial charge in [0.05, 0.1) is 13.7 Å². The molecular weight excluding hydrogens is 304 g/mol. The molecule has 2 N–H and O–H groups in total. The standard InChI is InChI=1S/C19H28N2O3/c1-23-16-5-3-15(4-6-16)14-24-12-2-9-21-18(22)17-13-19(17)7-10-20-11-8-19/h3-6,17,20H,2,7-14H2,1H3,(H,21,22). The van der Waals surface area contributed by atoms with Crippen LogP contribution >= 0.6 is 0 Å². The molecule has 2 aliphatic rings. The van der Waals surface area contributed by atoms with Gasteiger partial charge in [-0.15, -0.1) is 0 Å². The van der Waals surface area contributed by atoms with E-state index in [0.717, 1.165) is 50.1 Å². The second-order valence-electron chi connectivity index (χ2n) is 6.91. The van der Waals surface area contributed by atoms with E-state index < -0.39 is 0 Å². The molecule has 1 amide bonds. The molecule has 1 atom stereocenters. The third-order valence-corrected chi connectivity index (χ3v) is 5.30. The highest BCUT2D eigenvalue weighted by atomic mass is 16.5. The summed E-state index contributed by atoms with van der Waals surface area (Å²) in [6.45, 7) is 4.07. The van der Waals surface area contributed by atoms with Crippen LogP contribution in [-0.4, -0.2) is 39.3 Å². The van der Waals surface area contributed by atoms with Gasteiger partial charge in [-0.3, -0.25) is 4.79 Å². The minimum absolute atomic E-state index is 0.243. The number of amides is 1. The van der Waals surface area contributed by atoms with Crippen molar-refractivity contribution in [2.45, 2.75) is 32.3 Å². The Morgan fingerprint density at radius 2 is 2.04 bits per heavy atom. The van der Waals surface area contributed by atoms with Crippen LogP contribution < -0.4 is 15.4 Å². The van der Waals surface area contributed by atoms with Crippen LogP contribution in [0.25, 0.3) is 0 Å². The van der Waals surface area contributed by atoms with E-state index in [9.17, 15) is 4.79 Å². The van der Waals surface area contributed by atoms with E-state index >= 15 is 0 Å². The summed E-state index contributed by atoms with van der Waals surface area (Å²) in [5, 5.41) is 6.44. The minimum Gasteiger partial charge on any atom is -0.497 e. The molecule has 1 aliphatic carbocycles. The van der Waals surface area contributed by atoms with E-state index in [1.165, 1.54) is 0 Å². The predicted octanol–water partition coefficient (Wildman–Crippen LogP) is 2.11. The topological polar surface area (TPSA) is 59.6 Å². The molecule has 3 rings (SSSR count). The summed E-state index contributed by atoms with van der Waals surface area (Å²) in [6.07, 6.45) is 4.23. The number of carbonyl (C=O) groups excluding carboxylic acids is 1. The van der Waals surface area contributed by atoms with Crippen LogP contribution in [0.1, 0.15) is 31.2 Å². The molecule has 5 nitrogen and oxygen atoms in total. The zero-order valence-electron chi connectivity index (χ0n) is 14.5. The first-order chi connectivity index (χ1) is 11.7. The molecule has 1 heterocycles. The van der Waals surface area contributed by atoms with Crippen LogP contribution in [0.15, 0.2) is 24.3 Å². The zero-order valence-corrected chi connectivity index (χ0v) is 14.5. The molecule has 1 saturated carbocycles. The van der Waals surface area contributed by atoms with Gasteiger partial charge in [-0.05, 0) is 61.9 Å². The Morgan fingerprint density at radius 3 is 2.75 bits per heavy atom. The Bertz CT molecular complexity index is 538. The third-order valence-electron chi connectivity index (χ3n) is 5.30. The van der Waals surface area contributed by atoms with Gasteiger partial charge in [-0.2, -0.15) is 0 Å². The Hall–Kier alpha value is -1.59. The van der Waals surface area contributed by atoms with Crippen LogP contribution in [-0.2, 0) is 16.1 Å². The predicted molar refractivity (Wildman–Crippen MR) is 92.9 cm³/mol. The maximum atomic E-state index is 12.2. The summed E-state index contributed by atoms with van der Waals surface area (Å²) >= 11 is 0. The van der Waals surface area contributed by atoms with Gasteiger partial charge in [-0.1, -0.05) is 12.1 Å². The highest BCUT2D eigenvalue weighted by molar-refractivity contribution is 5.82. The quantitative estimate of drug-likeness (QED) is 0.716. The fourth-order valence-corrected chi connectivity index (χ4v) is 3.62. The van der Waals surface area contributed by atoms with E-state index in [1.54, 1.807) is 7.11 Å². The van der Waals surface area contributed by atoms with Gasteiger partial charge in [0.25, 0.3) is 0 Å². The fraction of sp³-hybridized carbons (Fsp3) is 0.632. The Morgan fingerprint density at radius 1 is 1.29 bits per heavy atom. The van der Waals surface area contributed by atoms with Crippen molar-refractivity contribution in [1.82, 2.24) is 10.6 Å². The molecule has 1 aromatic rings. The zero-order chi connectivity index (χ0) is 16.8. The van der Waals surface area contributed by atoms with E-state index in [1.807, 2.05) is 24.3 Å². The van der Waals surface area contributed by atoms with Gasteiger partial charge in [0.2, 0.25) is 5.91 Å². The molecule has 1 spiro atoms. The normalized spacial score (nSPS) is 21.5. The van der Waals surface area contributed by atoms with Gasteiger partial charge >= 0.3 is 0 Å².